The van der Waals surface area contributed by atoms with E-state index < -0.39 is 4.92 Å². The van der Waals surface area contributed by atoms with Crippen molar-refractivity contribution in [3.05, 3.63) is 33.4 Å². The molecule has 1 N–H and O–H groups in total. The van der Waals surface area contributed by atoms with Crippen molar-refractivity contribution in [2.45, 2.75) is 57.8 Å². The van der Waals surface area contributed by atoms with E-state index in [1.165, 1.54) is 32.1 Å². The van der Waals surface area contributed by atoms with E-state index in [2.05, 4.69) is 6.92 Å². The highest BCUT2D eigenvalue weighted by Crippen LogP contribution is 2.61. The fraction of sp³-hybridized carbons (Fsp3) is 0.667. The molecule has 0 aliphatic heterocycles. The van der Waals surface area contributed by atoms with Gasteiger partial charge >= 0.3 is 5.69 Å². The van der Waals surface area contributed by atoms with Crippen LogP contribution in [0.25, 0.3) is 0 Å². The fourth-order valence-electron chi connectivity index (χ4n) is 5.74. The van der Waals surface area contributed by atoms with Crippen LogP contribution in [0.15, 0.2) is 12.1 Å². The number of fused-ring (bicyclic) bond motifs is 5. The first-order valence-electron chi connectivity index (χ1n) is 8.50. The number of benzene rings is 1. The summed E-state index contributed by atoms with van der Waals surface area (Å²) in [6, 6.07) is 3.31. The van der Waals surface area contributed by atoms with Crippen molar-refractivity contribution in [1.82, 2.24) is 0 Å². The number of hydrogen-bond acceptors (Lipinski definition) is 3. The molecule has 0 radical (unpaired) electrons. The zero-order valence-corrected chi connectivity index (χ0v) is 13.0. The second kappa shape index (κ2) is 4.71. The van der Waals surface area contributed by atoms with Gasteiger partial charge in [0.15, 0.2) is 5.75 Å². The van der Waals surface area contributed by atoms with Crippen LogP contribution in [0.2, 0.25) is 0 Å². The Morgan fingerprint density at radius 3 is 2.86 bits per heavy atom. The van der Waals surface area contributed by atoms with Gasteiger partial charge in [-0.05, 0) is 78.9 Å². The number of nitro groups is 1. The van der Waals surface area contributed by atoms with Gasteiger partial charge in [-0.3, -0.25) is 10.1 Å². The summed E-state index contributed by atoms with van der Waals surface area (Å²) in [4.78, 5) is 10.7. The molecule has 4 rings (SSSR count). The second-order valence-electron chi connectivity index (χ2n) is 7.80. The number of nitrogens with zero attached hydrogens (tertiary/aromatic N) is 1. The first kappa shape index (κ1) is 14.0. The minimum absolute atomic E-state index is 0.126. The van der Waals surface area contributed by atoms with Crippen LogP contribution in [-0.2, 0) is 6.42 Å². The molecule has 22 heavy (non-hydrogen) atoms. The highest BCUT2D eigenvalue weighted by atomic mass is 16.6. The monoisotopic (exact) mass is 301 g/mol. The first-order chi connectivity index (χ1) is 10.5. The minimum Gasteiger partial charge on any atom is -0.502 e. The van der Waals surface area contributed by atoms with E-state index in [9.17, 15) is 15.2 Å². The van der Waals surface area contributed by atoms with Gasteiger partial charge in [0.1, 0.15) is 0 Å². The number of hydrogen-bond donors (Lipinski definition) is 1. The van der Waals surface area contributed by atoms with Gasteiger partial charge in [0.2, 0.25) is 0 Å². The predicted octanol–water partition coefficient (Wildman–Crippen LogP) is 4.55. The van der Waals surface area contributed by atoms with Crippen LogP contribution in [0.3, 0.4) is 0 Å². The highest BCUT2D eigenvalue weighted by Gasteiger charge is 2.50. The lowest BCUT2D eigenvalue weighted by molar-refractivity contribution is -0.386. The molecule has 0 saturated heterocycles. The molecule has 4 nitrogen and oxygen atoms in total. The van der Waals surface area contributed by atoms with Crippen molar-refractivity contribution in [3.8, 4) is 5.75 Å². The van der Waals surface area contributed by atoms with Crippen molar-refractivity contribution in [3.63, 3.8) is 0 Å². The maximum atomic E-state index is 11.1. The zero-order valence-electron chi connectivity index (χ0n) is 13.0. The van der Waals surface area contributed by atoms with Crippen LogP contribution in [0.4, 0.5) is 5.69 Å². The molecule has 2 fully saturated rings. The molecule has 0 unspecified atom stereocenters. The van der Waals surface area contributed by atoms with Gasteiger partial charge in [0, 0.05) is 6.07 Å². The lowest BCUT2D eigenvalue weighted by Gasteiger charge is -2.49. The molecule has 0 aromatic heterocycles. The van der Waals surface area contributed by atoms with Crippen molar-refractivity contribution in [2.24, 2.45) is 17.3 Å². The summed E-state index contributed by atoms with van der Waals surface area (Å²) < 4.78 is 0. The van der Waals surface area contributed by atoms with E-state index in [-0.39, 0.29) is 11.4 Å². The van der Waals surface area contributed by atoms with E-state index in [4.69, 9.17) is 0 Å². The van der Waals surface area contributed by atoms with Crippen LogP contribution in [0.1, 0.15) is 62.5 Å². The molecule has 0 amide bonds. The topological polar surface area (TPSA) is 63.4 Å². The van der Waals surface area contributed by atoms with Crippen LogP contribution < -0.4 is 0 Å². The lowest BCUT2D eigenvalue weighted by Crippen LogP contribution is -2.39. The summed E-state index contributed by atoms with van der Waals surface area (Å²) >= 11 is 0. The molecule has 3 aliphatic carbocycles. The number of rotatable bonds is 1. The third kappa shape index (κ3) is 1.89. The Bertz CT molecular complexity index is 641. The van der Waals surface area contributed by atoms with Crippen molar-refractivity contribution < 1.29 is 10.0 Å². The summed E-state index contributed by atoms with van der Waals surface area (Å²) in [7, 11) is 0. The SMILES string of the molecule is C[C@@]12CCC[C@H]1[C@@H]1CCc3cc(O)c([N+](=O)[O-])cc3[C@H]1CC2. The molecule has 118 valence electrons. The Hall–Kier alpha value is -1.58. The quantitative estimate of drug-likeness (QED) is 0.611. The summed E-state index contributed by atoms with van der Waals surface area (Å²) in [5.74, 6) is 1.74. The smallest absolute Gasteiger partial charge is 0.310 e. The number of aryl methyl sites for hydroxylation is 1. The Labute approximate surface area is 130 Å². The lowest BCUT2D eigenvalue weighted by atomic mass is 9.56. The van der Waals surface area contributed by atoms with E-state index >= 15 is 0 Å². The van der Waals surface area contributed by atoms with Crippen molar-refractivity contribution in [1.29, 1.82) is 0 Å². The maximum absolute atomic E-state index is 11.1. The predicted molar refractivity (Wildman–Crippen MR) is 84.0 cm³/mol. The van der Waals surface area contributed by atoms with Crippen LogP contribution in [-0.4, -0.2) is 10.0 Å². The second-order valence-corrected chi connectivity index (χ2v) is 7.80. The largest absolute Gasteiger partial charge is 0.502 e. The number of phenolic OH excluding ortho intramolecular Hbond substituents is 1. The molecule has 3 aliphatic rings. The Balaban J connectivity index is 1.75. The first-order valence-corrected chi connectivity index (χ1v) is 8.50. The number of aromatic hydroxyl groups is 1. The Morgan fingerprint density at radius 2 is 2.09 bits per heavy atom. The third-order valence-corrected chi connectivity index (χ3v) is 6.80. The van der Waals surface area contributed by atoms with E-state index in [0.29, 0.717) is 17.3 Å². The molecular weight excluding hydrogens is 278 g/mol. The van der Waals surface area contributed by atoms with Crippen LogP contribution in [0, 0.1) is 27.4 Å². The molecule has 1 aromatic carbocycles. The molecule has 0 spiro atoms. The van der Waals surface area contributed by atoms with Gasteiger partial charge < -0.3 is 5.11 Å². The molecule has 0 bridgehead atoms. The maximum Gasteiger partial charge on any atom is 0.310 e. The molecule has 0 heterocycles. The number of phenols is 1. The number of nitro benzene ring substituents is 1. The van der Waals surface area contributed by atoms with Gasteiger partial charge in [-0.2, -0.15) is 0 Å². The molecule has 2 saturated carbocycles. The minimum atomic E-state index is -0.457. The van der Waals surface area contributed by atoms with Gasteiger partial charge in [-0.1, -0.05) is 13.3 Å². The van der Waals surface area contributed by atoms with Crippen molar-refractivity contribution >= 4 is 5.69 Å². The van der Waals surface area contributed by atoms with Gasteiger partial charge in [0.25, 0.3) is 0 Å². The zero-order chi connectivity index (χ0) is 15.5. The highest BCUT2D eigenvalue weighted by molar-refractivity contribution is 5.53. The molecule has 4 atom stereocenters. The third-order valence-electron chi connectivity index (χ3n) is 6.80. The van der Waals surface area contributed by atoms with Crippen LogP contribution in [0.5, 0.6) is 5.75 Å². The van der Waals surface area contributed by atoms with Gasteiger partial charge in [-0.25, -0.2) is 0 Å². The van der Waals surface area contributed by atoms with E-state index in [0.717, 1.165) is 29.9 Å². The molecule has 4 heteroatoms. The van der Waals surface area contributed by atoms with E-state index in [1.54, 1.807) is 12.1 Å². The van der Waals surface area contributed by atoms with Crippen LogP contribution >= 0.6 is 0 Å². The Kier molecular flexibility index (Phi) is 3.00. The average molecular weight is 301 g/mol. The van der Waals surface area contributed by atoms with E-state index in [1.807, 2.05) is 0 Å². The van der Waals surface area contributed by atoms with Crippen molar-refractivity contribution in [2.75, 3.05) is 0 Å². The Morgan fingerprint density at radius 1 is 1.27 bits per heavy atom. The summed E-state index contributed by atoms with van der Waals surface area (Å²) in [6.07, 6.45) is 8.53. The summed E-state index contributed by atoms with van der Waals surface area (Å²) in [5.41, 5.74) is 2.65. The fourth-order valence-corrected chi connectivity index (χ4v) is 5.74. The average Bonchev–Trinajstić information content (AvgIpc) is 2.87. The van der Waals surface area contributed by atoms with Gasteiger partial charge in [-0.15, -0.1) is 0 Å². The normalized spacial score (nSPS) is 36.3. The molecular formula is C18H23NO3. The summed E-state index contributed by atoms with van der Waals surface area (Å²) in [6.45, 7) is 2.45. The summed E-state index contributed by atoms with van der Waals surface area (Å²) in [5, 5.41) is 21.0. The molecule has 1 aromatic rings. The van der Waals surface area contributed by atoms with Gasteiger partial charge in [0.05, 0.1) is 4.92 Å². The standard InChI is InChI=1S/C18H23NO3/c1-18-7-2-3-15(18)13-5-4-11-9-17(20)16(19(21)22)10-14(11)12(13)6-8-18/h9-10,12-13,15,20H,2-8H2,1H3/t12-,13+,15-,18-/m0/s1.